The van der Waals surface area contributed by atoms with Gasteiger partial charge in [0.15, 0.2) is 15.8 Å². The first-order valence-corrected chi connectivity index (χ1v) is 10.0. The van der Waals surface area contributed by atoms with Gasteiger partial charge in [0.25, 0.3) is 0 Å². The lowest BCUT2D eigenvalue weighted by molar-refractivity contribution is 0.0264. The highest BCUT2D eigenvalue weighted by Crippen LogP contribution is 2.11. The summed E-state index contributed by atoms with van der Waals surface area (Å²) < 4.78 is 28.3. The van der Waals surface area contributed by atoms with E-state index in [-0.39, 0.29) is 47.6 Å². The number of nitrogens with one attached hydrogen (secondary N) is 2. The van der Waals surface area contributed by atoms with E-state index >= 15 is 0 Å². The number of hydrogen-bond donors (Lipinski definition) is 2. The average Bonchev–Trinajstić information content (AvgIpc) is 2.79. The van der Waals surface area contributed by atoms with Crippen LogP contribution in [0.15, 0.2) is 4.99 Å². The quantitative estimate of drug-likeness (QED) is 0.342. The highest BCUT2D eigenvalue weighted by Gasteiger charge is 2.28. The second-order valence-corrected chi connectivity index (χ2v) is 9.03. The van der Waals surface area contributed by atoms with E-state index in [4.69, 9.17) is 4.74 Å². The van der Waals surface area contributed by atoms with Crippen molar-refractivity contribution in [1.29, 1.82) is 0 Å². The molecular formula is C15H31IN4O4S. The van der Waals surface area contributed by atoms with Gasteiger partial charge in [-0.05, 0) is 34.1 Å². The monoisotopic (exact) mass is 490 g/mol. The fraction of sp³-hybridized carbons (Fsp3) is 0.867. The maximum Gasteiger partial charge on any atom is 0.410 e. The number of guanidine groups is 1. The maximum atomic E-state index is 12.0. The van der Waals surface area contributed by atoms with Gasteiger partial charge in [0.05, 0.1) is 11.5 Å². The fourth-order valence-corrected chi connectivity index (χ4v) is 3.98. The fourth-order valence-electron chi connectivity index (χ4n) is 2.31. The van der Waals surface area contributed by atoms with Gasteiger partial charge in [-0.3, -0.25) is 4.99 Å². The van der Waals surface area contributed by atoms with Crippen molar-refractivity contribution in [3.63, 3.8) is 0 Å². The summed E-state index contributed by atoms with van der Waals surface area (Å²) in [6.07, 6.45) is 0.235. The molecule has 0 saturated carbocycles. The van der Waals surface area contributed by atoms with E-state index in [1.807, 2.05) is 27.7 Å². The van der Waals surface area contributed by atoms with Gasteiger partial charge in [-0.1, -0.05) is 0 Å². The van der Waals surface area contributed by atoms with Gasteiger partial charge < -0.3 is 20.3 Å². The predicted octanol–water partition coefficient (Wildman–Crippen LogP) is 1.21. The summed E-state index contributed by atoms with van der Waals surface area (Å²) >= 11 is 0. The summed E-state index contributed by atoms with van der Waals surface area (Å²) in [5.74, 6) is 0.883. The molecule has 1 aliphatic heterocycles. The number of carbonyl (C=O) groups excluding carboxylic acids is 1. The van der Waals surface area contributed by atoms with Crippen LogP contribution in [0.5, 0.6) is 0 Å². The van der Waals surface area contributed by atoms with Crippen molar-refractivity contribution in [3.05, 3.63) is 0 Å². The minimum absolute atomic E-state index is 0. The van der Waals surface area contributed by atoms with Crippen molar-refractivity contribution >= 4 is 45.9 Å². The van der Waals surface area contributed by atoms with Gasteiger partial charge in [-0.15, -0.1) is 24.0 Å². The number of rotatable bonds is 5. The molecule has 0 radical (unpaired) electrons. The molecule has 1 atom stereocenters. The number of ether oxygens (including phenoxy) is 1. The predicted molar refractivity (Wildman–Crippen MR) is 110 cm³/mol. The number of carbonyl (C=O) groups is 1. The Kier molecular flexibility index (Phi) is 10.1. The van der Waals surface area contributed by atoms with Crippen LogP contribution >= 0.6 is 24.0 Å². The Morgan fingerprint density at radius 3 is 2.44 bits per heavy atom. The highest BCUT2D eigenvalue weighted by atomic mass is 127. The van der Waals surface area contributed by atoms with Crippen LogP contribution in [0.3, 0.4) is 0 Å². The highest BCUT2D eigenvalue weighted by molar-refractivity contribution is 14.0. The number of sulfone groups is 1. The second-order valence-electron chi connectivity index (χ2n) is 6.80. The van der Waals surface area contributed by atoms with Crippen LogP contribution in [0, 0.1) is 0 Å². The lowest BCUT2D eigenvalue weighted by Gasteiger charge is -2.27. The topological polar surface area (TPSA) is 100 Å². The van der Waals surface area contributed by atoms with Crippen LogP contribution in [-0.4, -0.2) is 75.2 Å². The number of halogens is 1. The summed E-state index contributed by atoms with van der Waals surface area (Å²) in [6.45, 7) is 8.89. The Morgan fingerprint density at radius 1 is 1.36 bits per heavy atom. The molecule has 0 aromatic carbocycles. The van der Waals surface area contributed by atoms with E-state index < -0.39 is 15.4 Å². The molecule has 25 heavy (non-hydrogen) atoms. The first kappa shape index (κ1) is 24.2. The van der Waals surface area contributed by atoms with Crippen LogP contribution in [0.2, 0.25) is 0 Å². The van der Waals surface area contributed by atoms with Crippen LogP contribution in [0.25, 0.3) is 0 Å². The van der Waals surface area contributed by atoms with Crippen molar-refractivity contribution in [2.24, 2.45) is 4.99 Å². The Bertz CT molecular complexity index is 560. The number of hydrogen-bond acceptors (Lipinski definition) is 5. The van der Waals surface area contributed by atoms with Gasteiger partial charge in [0.2, 0.25) is 0 Å². The molecule has 10 heteroatoms. The molecule has 1 rings (SSSR count). The number of likely N-dealkylation sites (N-methyl/N-ethyl adjacent to an activating group) is 1. The summed E-state index contributed by atoms with van der Waals surface area (Å²) in [7, 11) is -1.30. The molecule has 0 aromatic rings. The van der Waals surface area contributed by atoms with Gasteiger partial charge in [0, 0.05) is 32.7 Å². The molecule has 0 bridgehead atoms. The maximum absolute atomic E-state index is 12.0. The minimum Gasteiger partial charge on any atom is -0.444 e. The molecule has 0 aromatic heterocycles. The van der Waals surface area contributed by atoms with Crippen LogP contribution in [0.4, 0.5) is 4.79 Å². The van der Waals surface area contributed by atoms with E-state index in [0.29, 0.717) is 32.0 Å². The molecule has 1 fully saturated rings. The van der Waals surface area contributed by atoms with E-state index in [1.54, 1.807) is 11.9 Å². The summed E-state index contributed by atoms with van der Waals surface area (Å²) in [5.41, 5.74) is -0.524. The van der Waals surface area contributed by atoms with Crippen molar-refractivity contribution < 1.29 is 17.9 Å². The van der Waals surface area contributed by atoms with Crippen LogP contribution in [0.1, 0.15) is 34.1 Å². The smallest absolute Gasteiger partial charge is 0.410 e. The van der Waals surface area contributed by atoms with Gasteiger partial charge >= 0.3 is 6.09 Å². The van der Waals surface area contributed by atoms with E-state index in [9.17, 15) is 13.2 Å². The molecule has 1 unspecified atom stereocenters. The molecule has 2 N–H and O–H groups in total. The van der Waals surface area contributed by atoms with Crippen molar-refractivity contribution in [2.75, 3.05) is 38.2 Å². The van der Waals surface area contributed by atoms with Gasteiger partial charge in [-0.25, -0.2) is 13.2 Å². The standard InChI is InChI=1S/C15H30N4O4S.HI/c1-6-19(14(20)23-15(2,3)4)9-8-17-13(16-5)18-12-7-10-24(21,22)11-12;/h12H,6-11H2,1-5H3,(H2,16,17,18);1H. The second kappa shape index (κ2) is 10.4. The van der Waals surface area contributed by atoms with E-state index in [0.717, 1.165) is 0 Å². The molecule has 0 spiro atoms. The van der Waals surface area contributed by atoms with Crippen molar-refractivity contribution in [1.82, 2.24) is 15.5 Å². The van der Waals surface area contributed by atoms with Crippen molar-refractivity contribution in [3.8, 4) is 0 Å². The molecule has 8 nitrogen and oxygen atoms in total. The zero-order chi connectivity index (χ0) is 18.4. The summed E-state index contributed by atoms with van der Waals surface area (Å²) in [6, 6.07) is -0.116. The Morgan fingerprint density at radius 2 is 2.00 bits per heavy atom. The summed E-state index contributed by atoms with van der Waals surface area (Å²) in [5, 5.41) is 6.21. The molecule has 0 aliphatic carbocycles. The largest absolute Gasteiger partial charge is 0.444 e. The summed E-state index contributed by atoms with van der Waals surface area (Å²) in [4.78, 5) is 17.7. The molecular weight excluding hydrogens is 459 g/mol. The Hall–Kier alpha value is -0.780. The first-order chi connectivity index (χ1) is 11.1. The zero-order valence-electron chi connectivity index (χ0n) is 15.7. The molecule has 148 valence electrons. The normalized spacial score (nSPS) is 19.7. The lowest BCUT2D eigenvalue weighted by Crippen LogP contribution is -2.47. The van der Waals surface area contributed by atoms with E-state index in [1.165, 1.54) is 0 Å². The molecule has 1 amide bonds. The Labute approximate surface area is 168 Å². The minimum atomic E-state index is -2.93. The number of aliphatic imine (C=N–C) groups is 1. The molecule has 1 heterocycles. The first-order valence-electron chi connectivity index (χ1n) is 8.22. The third-order valence-corrected chi connectivity index (χ3v) is 5.27. The third kappa shape index (κ3) is 9.47. The zero-order valence-corrected chi connectivity index (χ0v) is 18.8. The average molecular weight is 490 g/mol. The Balaban J connectivity index is 0.00000576. The van der Waals surface area contributed by atoms with Crippen molar-refractivity contribution in [2.45, 2.75) is 45.8 Å². The number of nitrogens with zero attached hydrogens (tertiary/aromatic N) is 2. The SMILES string of the molecule is CCN(CCNC(=NC)NC1CCS(=O)(=O)C1)C(=O)OC(C)(C)C.I. The lowest BCUT2D eigenvalue weighted by atomic mass is 10.2. The number of amides is 1. The van der Waals surface area contributed by atoms with Crippen LogP contribution in [-0.2, 0) is 14.6 Å². The molecule has 1 aliphatic rings. The molecule has 1 saturated heterocycles. The van der Waals surface area contributed by atoms with E-state index in [2.05, 4.69) is 15.6 Å². The van der Waals surface area contributed by atoms with Gasteiger partial charge in [-0.2, -0.15) is 0 Å². The third-order valence-electron chi connectivity index (χ3n) is 3.50. The van der Waals surface area contributed by atoms with Gasteiger partial charge in [0.1, 0.15) is 5.60 Å². The van der Waals surface area contributed by atoms with Crippen LogP contribution < -0.4 is 10.6 Å².